The Kier molecular flexibility index (Phi) is 4.10. The van der Waals surface area contributed by atoms with E-state index in [0.717, 1.165) is 5.39 Å². The number of para-hydroxylation sites is 1. The normalized spacial score (nSPS) is 11.9. The molecule has 1 amide bonds. The van der Waals surface area contributed by atoms with E-state index in [2.05, 4.69) is 5.32 Å². The van der Waals surface area contributed by atoms with Crippen LogP contribution in [0.4, 0.5) is 5.69 Å². The summed E-state index contributed by atoms with van der Waals surface area (Å²) in [6.07, 6.45) is -0.637. The van der Waals surface area contributed by atoms with Crippen molar-refractivity contribution in [2.24, 2.45) is 0 Å². The summed E-state index contributed by atoms with van der Waals surface area (Å²) in [5.41, 5.74) is 0.683. The van der Waals surface area contributed by atoms with Gasteiger partial charge in [0.05, 0.1) is 0 Å². The molecule has 0 spiro atoms. The molecule has 3 aromatic rings. The molecule has 0 saturated heterocycles. The zero-order chi connectivity index (χ0) is 16.2. The van der Waals surface area contributed by atoms with Crippen molar-refractivity contribution in [1.29, 1.82) is 0 Å². The highest BCUT2D eigenvalue weighted by Gasteiger charge is 2.15. The number of carbonyl (C=O) groups is 1. The number of anilines is 1. The van der Waals surface area contributed by atoms with Gasteiger partial charge in [0.1, 0.15) is 11.3 Å². The van der Waals surface area contributed by atoms with Crippen molar-refractivity contribution >= 4 is 22.6 Å². The molecule has 3 rings (SSSR count). The molecule has 116 valence electrons. The first kappa shape index (κ1) is 14.8. The van der Waals surface area contributed by atoms with Crippen LogP contribution >= 0.6 is 0 Å². The van der Waals surface area contributed by atoms with Gasteiger partial charge in [0, 0.05) is 17.1 Å². The molecule has 2 aromatic carbocycles. The van der Waals surface area contributed by atoms with Crippen LogP contribution in [0.3, 0.4) is 0 Å². The van der Waals surface area contributed by atoms with Crippen LogP contribution in [0, 0.1) is 0 Å². The quantitative estimate of drug-likeness (QED) is 0.751. The first-order valence-electron chi connectivity index (χ1n) is 7.18. The van der Waals surface area contributed by atoms with Crippen molar-refractivity contribution < 1.29 is 13.9 Å². The van der Waals surface area contributed by atoms with Crippen molar-refractivity contribution in [3.8, 4) is 5.75 Å². The third kappa shape index (κ3) is 3.58. The van der Waals surface area contributed by atoms with E-state index in [0.29, 0.717) is 17.0 Å². The van der Waals surface area contributed by atoms with E-state index in [9.17, 15) is 9.59 Å². The van der Waals surface area contributed by atoms with Crippen molar-refractivity contribution in [2.75, 3.05) is 5.32 Å². The molecular formula is C18H15NO4. The Balaban J connectivity index is 1.72. The van der Waals surface area contributed by atoms with Gasteiger partial charge in [-0.15, -0.1) is 0 Å². The molecule has 1 unspecified atom stereocenters. The highest BCUT2D eigenvalue weighted by atomic mass is 16.5. The fourth-order valence-corrected chi connectivity index (χ4v) is 2.15. The molecule has 1 atom stereocenters. The fourth-order valence-electron chi connectivity index (χ4n) is 2.15. The Bertz CT molecular complexity index is 886. The summed E-state index contributed by atoms with van der Waals surface area (Å²) in [7, 11) is 0. The molecular weight excluding hydrogens is 294 g/mol. The molecule has 0 saturated carbocycles. The Morgan fingerprint density at radius 1 is 1.09 bits per heavy atom. The summed E-state index contributed by atoms with van der Waals surface area (Å²) in [6.45, 7) is 1.68. The minimum atomic E-state index is -0.637. The second-order valence-corrected chi connectivity index (χ2v) is 5.07. The second kappa shape index (κ2) is 6.36. The third-order valence-electron chi connectivity index (χ3n) is 3.31. The number of ether oxygens (including phenoxy) is 1. The van der Waals surface area contributed by atoms with Crippen molar-refractivity contribution in [3.05, 3.63) is 71.1 Å². The lowest BCUT2D eigenvalue weighted by Gasteiger charge is -2.14. The SMILES string of the molecule is CC(Oc1ccccc1)C(=O)Nc1ccc2oc(=O)ccc2c1. The van der Waals surface area contributed by atoms with Gasteiger partial charge in [-0.2, -0.15) is 0 Å². The van der Waals surface area contributed by atoms with Crippen molar-refractivity contribution in [3.63, 3.8) is 0 Å². The average molecular weight is 309 g/mol. The van der Waals surface area contributed by atoms with Crippen molar-refractivity contribution in [1.82, 2.24) is 0 Å². The number of fused-ring (bicyclic) bond motifs is 1. The highest BCUT2D eigenvalue weighted by Crippen LogP contribution is 2.18. The zero-order valence-corrected chi connectivity index (χ0v) is 12.5. The van der Waals surface area contributed by atoms with Crippen LogP contribution in [0.25, 0.3) is 11.0 Å². The van der Waals surface area contributed by atoms with Gasteiger partial charge in [0.15, 0.2) is 6.10 Å². The van der Waals surface area contributed by atoms with E-state index in [4.69, 9.17) is 9.15 Å². The van der Waals surface area contributed by atoms with E-state index in [1.807, 2.05) is 18.2 Å². The van der Waals surface area contributed by atoms with Crippen LogP contribution in [0.1, 0.15) is 6.92 Å². The Morgan fingerprint density at radius 2 is 1.87 bits per heavy atom. The van der Waals surface area contributed by atoms with Gasteiger partial charge in [0.2, 0.25) is 0 Å². The van der Waals surface area contributed by atoms with E-state index in [1.54, 1.807) is 43.3 Å². The lowest BCUT2D eigenvalue weighted by Crippen LogP contribution is -2.30. The summed E-state index contributed by atoms with van der Waals surface area (Å²) in [5.74, 6) is 0.376. The standard InChI is InChI=1S/C18H15NO4/c1-12(22-15-5-3-2-4-6-15)18(21)19-14-8-9-16-13(11-14)7-10-17(20)23-16/h2-12H,1H3,(H,19,21). The second-order valence-electron chi connectivity index (χ2n) is 5.07. The van der Waals surface area contributed by atoms with Gasteiger partial charge >= 0.3 is 5.63 Å². The highest BCUT2D eigenvalue weighted by molar-refractivity contribution is 5.96. The lowest BCUT2D eigenvalue weighted by atomic mass is 10.2. The molecule has 0 aliphatic rings. The first-order chi connectivity index (χ1) is 11.1. The van der Waals surface area contributed by atoms with Crippen LogP contribution in [0.2, 0.25) is 0 Å². The minimum Gasteiger partial charge on any atom is -0.481 e. The van der Waals surface area contributed by atoms with E-state index >= 15 is 0 Å². The van der Waals surface area contributed by atoms with Crippen LogP contribution in [-0.4, -0.2) is 12.0 Å². The summed E-state index contributed by atoms with van der Waals surface area (Å²) in [6, 6.07) is 17.2. The van der Waals surface area contributed by atoms with Gasteiger partial charge in [-0.05, 0) is 43.3 Å². The van der Waals surface area contributed by atoms with Gasteiger partial charge in [-0.25, -0.2) is 4.79 Å². The maximum atomic E-state index is 12.2. The maximum Gasteiger partial charge on any atom is 0.336 e. The van der Waals surface area contributed by atoms with Crippen molar-refractivity contribution in [2.45, 2.75) is 13.0 Å². The summed E-state index contributed by atoms with van der Waals surface area (Å²) >= 11 is 0. The van der Waals surface area contributed by atoms with Crippen LogP contribution in [0.15, 0.2) is 69.9 Å². The first-order valence-corrected chi connectivity index (χ1v) is 7.18. The summed E-state index contributed by atoms with van der Waals surface area (Å²) in [5, 5.41) is 3.52. The van der Waals surface area contributed by atoms with Crippen LogP contribution < -0.4 is 15.7 Å². The zero-order valence-electron chi connectivity index (χ0n) is 12.5. The molecule has 0 fully saturated rings. The minimum absolute atomic E-state index is 0.259. The smallest absolute Gasteiger partial charge is 0.336 e. The molecule has 23 heavy (non-hydrogen) atoms. The van der Waals surface area contributed by atoms with E-state index < -0.39 is 11.7 Å². The largest absolute Gasteiger partial charge is 0.481 e. The lowest BCUT2D eigenvalue weighted by molar-refractivity contribution is -0.122. The Morgan fingerprint density at radius 3 is 2.65 bits per heavy atom. The molecule has 5 heteroatoms. The molecule has 0 aliphatic heterocycles. The van der Waals surface area contributed by atoms with E-state index in [-0.39, 0.29) is 5.91 Å². The summed E-state index contributed by atoms with van der Waals surface area (Å²) < 4.78 is 10.6. The number of hydrogen-bond acceptors (Lipinski definition) is 4. The molecule has 0 aliphatic carbocycles. The molecule has 0 radical (unpaired) electrons. The molecule has 1 aromatic heterocycles. The van der Waals surface area contributed by atoms with E-state index in [1.165, 1.54) is 6.07 Å². The number of benzene rings is 2. The maximum absolute atomic E-state index is 12.2. The van der Waals surface area contributed by atoms with Gasteiger partial charge in [0.25, 0.3) is 5.91 Å². The number of carbonyl (C=O) groups excluding carboxylic acids is 1. The predicted octanol–water partition coefficient (Wildman–Crippen LogP) is 3.20. The van der Waals surface area contributed by atoms with Crippen LogP contribution in [0.5, 0.6) is 5.75 Å². The topological polar surface area (TPSA) is 68.5 Å². The van der Waals surface area contributed by atoms with Gasteiger partial charge in [-0.3, -0.25) is 4.79 Å². The van der Waals surface area contributed by atoms with Gasteiger partial charge < -0.3 is 14.5 Å². The Hall–Kier alpha value is -3.08. The monoisotopic (exact) mass is 309 g/mol. The number of rotatable bonds is 4. The van der Waals surface area contributed by atoms with Gasteiger partial charge in [-0.1, -0.05) is 18.2 Å². The van der Waals surface area contributed by atoms with Crippen LogP contribution in [-0.2, 0) is 4.79 Å². The number of hydrogen-bond donors (Lipinski definition) is 1. The predicted molar refractivity (Wildman–Crippen MR) is 87.6 cm³/mol. The average Bonchev–Trinajstić information content (AvgIpc) is 2.56. The molecule has 1 heterocycles. The number of amides is 1. The molecule has 1 N–H and O–H groups in total. The summed E-state index contributed by atoms with van der Waals surface area (Å²) in [4.78, 5) is 23.4. The Labute approximate surface area is 132 Å². The third-order valence-corrected chi connectivity index (χ3v) is 3.31. The molecule has 0 bridgehead atoms. The number of nitrogens with one attached hydrogen (secondary N) is 1. The molecule has 5 nitrogen and oxygen atoms in total. The fraction of sp³-hybridized carbons (Fsp3) is 0.111.